The van der Waals surface area contributed by atoms with Crippen LogP contribution in [-0.2, 0) is 21.2 Å². The van der Waals surface area contributed by atoms with E-state index in [0.717, 1.165) is 5.56 Å². The molecule has 0 aromatic heterocycles. The minimum atomic E-state index is -4.05. The smallest absolute Gasteiger partial charge is 0.241 e. The van der Waals surface area contributed by atoms with Gasteiger partial charge in [-0.3, -0.25) is 0 Å². The molecule has 0 aliphatic carbocycles. The summed E-state index contributed by atoms with van der Waals surface area (Å²) < 4.78 is 40.1. The molecule has 0 aliphatic heterocycles. The van der Waals surface area contributed by atoms with Gasteiger partial charge in [-0.25, -0.2) is 17.5 Å². The maximum atomic E-state index is 13.6. The van der Waals surface area contributed by atoms with Crippen LogP contribution in [0.1, 0.15) is 11.1 Å². The zero-order valence-electron chi connectivity index (χ0n) is 12.3. The summed E-state index contributed by atoms with van der Waals surface area (Å²) in [7, 11) is -4.05. The molecule has 0 unspecified atom stereocenters. The topological polar surface area (TPSA) is 86.3 Å². The fraction of sp³-hybridized carbons (Fsp3) is 0.188. The number of carbonyl (C=O) groups excluding carboxylic acids is 1. The molecule has 23 heavy (non-hydrogen) atoms. The van der Waals surface area contributed by atoms with E-state index in [9.17, 15) is 22.7 Å². The first-order valence-corrected chi connectivity index (χ1v) is 8.31. The second kappa shape index (κ2) is 6.89. The number of aliphatic carboxylic acids is 1. The van der Waals surface area contributed by atoms with Crippen molar-refractivity contribution in [2.24, 2.45) is 0 Å². The molecule has 0 aliphatic rings. The van der Waals surface area contributed by atoms with E-state index in [0.29, 0.717) is 0 Å². The fourth-order valence-corrected chi connectivity index (χ4v) is 3.21. The molecule has 2 rings (SSSR count). The Bertz CT molecular complexity index is 803. The van der Waals surface area contributed by atoms with E-state index in [-0.39, 0.29) is 16.9 Å². The van der Waals surface area contributed by atoms with Crippen LogP contribution in [0.15, 0.2) is 53.4 Å². The standard InChI is InChI=1S/C16H16FNO4S/c1-11-6-8-13(9-7-11)23(21,22)18-15(16(19)20)10-12-4-2-3-5-14(12)17/h2-9,15,18H,10H2,1H3,(H,19,20)/p-1/t15-/m0/s1. The number of carbonyl (C=O) groups is 1. The summed E-state index contributed by atoms with van der Waals surface area (Å²) >= 11 is 0. The Kier molecular flexibility index (Phi) is 5.12. The van der Waals surface area contributed by atoms with Crippen molar-refractivity contribution in [2.45, 2.75) is 24.3 Å². The van der Waals surface area contributed by atoms with E-state index in [2.05, 4.69) is 0 Å². The fourth-order valence-electron chi connectivity index (χ4n) is 2.03. The van der Waals surface area contributed by atoms with Crippen LogP contribution in [0, 0.1) is 12.7 Å². The van der Waals surface area contributed by atoms with Crippen molar-refractivity contribution >= 4 is 16.0 Å². The van der Waals surface area contributed by atoms with E-state index in [4.69, 9.17) is 0 Å². The highest BCUT2D eigenvalue weighted by molar-refractivity contribution is 7.89. The van der Waals surface area contributed by atoms with Crippen LogP contribution in [0.2, 0.25) is 0 Å². The van der Waals surface area contributed by atoms with Crippen LogP contribution >= 0.6 is 0 Å². The predicted octanol–water partition coefficient (Wildman–Crippen LogP) is 0.774. The Balaban J connectivity index is 2.24. The van der Waals surface area contributed by atoms with Gasteiger partial charge < -0.3 is 9.90 Å². The molecular formula is C16H15FNO4S-. The number of nitrogens with one attached hydrogen (secondary N) is 1. The summed E-state index contributed by atoms with van der Waals surface area (Å²) in [5.74, 6) is -2.22. The van der Waals surface area contributed by atoms with Gasteiger partial charge in [0, 0.05) is 0 Å². The van der Waals surface area contributed by atoms with Crippen molar-refractivity contribution in [3.8, 4) is 0 Å². The highest BCUT2D eigenvalue weighted by Gasteiger charge is 2.22. The zero-order valence-corrected chi connectivity index (χ0v) is 13.1. The average Bonchev–Trinajstić information content (AvgIpc) is 2.49. The molecule has 1 N–H and O–H groups in total. The Labute approximate surface area is 133 Å². The molecule has 2 aromatic carbocycles. The van der Waals surface area contributed by atoms with E-state index in [1.165, 1.54) is 30.3 Å². The van der Waals surface area contributed by atoms with Crippen molar-refractivity contribution in [1.82, 2.24) is 4.72 Å². The van der Waals surface area contributed by atoms with Gasteiger partial charge in [0.2, 0.25) is 10.0 Å². The summed E-state index contributed by atoms with van der Waals surface area (Å²) in [5.41, 5.74) is 0.958. The molecule has 122 valence electrons. The molecule has 0 bridgehead atoms. The number of carboxylic acid groups (broad SMARTS) is 1. The van der Waals surface area contributed by atoms with Crippen LogP contribution in [0.5, 0.6) is 0 Å². The third-order valence-electron chi connectivity index (χ3n) is 3.30. The van der Waals surface area contributed by atoms with Gasteiger partial charge in [0.15, 0.2) is 0 Å². The first kappa shape index (κ1) is 17.1. The van der Waals surface area contributed by atoms with Crippen molar-refractivity contribution in [3.63, 3.8) is 0 Å². The van der Waals surface area contributed by atoms with Crippen molar-refractivity contribution in [2.75, 3.05) is 0 Å². The number of aryl methyl sites for hydroxylation is 1. The number of carboxylic acids is 1. The Morgan fingerprint density at radius 2 is 1.78 bits per heavy atom. The normalized spacial score (nSPS) is 12.8. The van der Waals surface area contributed by atoms with Crippen LogP contribution in [0.4, 0.5) is 4.39 Å². The number of sulfonamides is 1. The zero-order chi connectivity index (χ0) is 17.0. The molecule has 5 nitrogen and oxygen atoms in total. The van der Waals surface area contributed by atoms with Crippen LogP contribution in [-0.4, -0.2) is 20.4 Å². The van der Waals surface area contributed by atoms with Crippen molar-refractivity contribution < 1.29 is 22.7 Å². The Morgan fingerprint density at radius 1 is 1.17 bits per heavy atom. The molecular weight excluding hydrogens is 321 g/mol. The quantitative estimate of drug-likeness (QED) is 0.844. The lowest BCUT2D eigenvalue weighted by Crippen LogP contribution is -2.49. The maximum absolute atomic E-state index is 13.6. The average molecular weight is 336 g/mol. The second-order valence-electron chi connectivity index (χ2n) is 5.10. The second-order valence-corrected chi connectivity index (χ2v) is 6.82. The number of hydrogen-bond acceptors (Lipinski definition) is 4. The number of rotatable bonds is 6. The molecule has 7 heteroatoms. The third kappa shape index (κ3) is 4.37. The van der Waals surface area contributed by atoms with E-state index < -0.39 is 27.9 Å². The van der Waals surface area contributed by atoms with E-state index >= 15 is 0 Å². The van der Waals surface area contributed by atoms with Gasteiger partial charge >= 0.3 is 0 Å². The molecule has 1 atom stereocenters. The predicted molar refractivity (Wildman–Crippen MR) is 80.4 cm³/mol. The highest BCUT2D eigenvalue weighted by atomic mass is 32.2. The first-order chi connectivity index (χ1) is 10.8. The Hall–Kier alpha value is -2.25. The molecule has 0 heterocycles. The summed E-state index contributed by atoms with van der Waals surface area (Å²) in [6.07, 6.45) is -0.347. The third-order valence-corrected chi connectivity index (χ3v) is 4.78. The lowest BCUT2D eigenvalue weighted by Gasteiger charge is -2.20. The molecule has 0 saturated heterocycles. The molecule has 0 fully saturated rings. The molecule has 0 saturated carbocycles. The molecule has 0 amide bonds. The van der Waals surface area contributed by atoms with E-state index in [1.54, 1.807) is 25.1 Å². The molecule has 0 spiro atoms. The lowest BCUT2D eigenvalue weighted by molar-refractivity contribution is -0.307. The lowest BCUT2D eigenvalue weighted by atomic mass is 10.1. The van der Waals surface area contributed by atoms with Gasteiger partial charge in [0.1, 0.15) is 5.82 Å². The number of halogens is 1. The minimum absolute atomic E-state index is 0.0668. The van der Waals surface area contributed by atoms with Gasteiger partial charge in [-0.2, -0.15) is 0 Å². The largest absolute Gasteiger partial charge is 0.548 e. The van der Waals surface area contributed by atoms with Gasteiger partial charge in [0.05, 0.1) is 16.9 Å². The van der Waals surface area contributed by atoms with Crippen LogP contribution in [0.3, 0.4) is 0 Å². The van der Waals surface area contributed by atoms with E-state index in [1.807, 2.05) is 4.72 Å². The molecule has 2 aromatic rings. The Morgan fingerprint density at radius 3 is 2.35 bits per heavy atom. The molecule has 0 radical (unpaired) electrons. The van der Waals surface area contributed by atoms with Crippen molar-refractivity contribution in [3.05, 3.63) is 65.5 Å². The summed E-state index contributed by atoms with van der Waals surface area (Å²) in [5, 5.41) is 11.2. The van der Waals surface area contributed by atoms with Gasteiger partial charge in [0.25, 0.3) is 0 Å². The number of hydrogen-bond donors (Lipinski definition) is 1. The number of benzene rings is 2. The summed E-state index contributed by atoms with van der Waals surface area (Å²) in [6.45, 7) is 1.80. The van der Waals surface area contributed by atoms with Gasteiger partial charge in [-0.05, 0) is 37.1 Å². The van der Waals surface area contributed by atoms with Gasteiger partial charge in [-0.15, -0.1) is 0 Å². The first-order valence-electron chi connectivity index (χ1n) is 6.83. The SMILES string of the molecule is Cc1ccc(S(=O)(=O)N[C@@H](Cc2ccccc2F)C(=O)[O-])cc1. The van der Waals surface area contributed by atoms with Crippen LogP contribution < -0.4 is 9.83 Å². The summed E-state index contributed by atoms with van der Waals surface area (Å²) in [6, 6.07) is 9.93. The monoisotopic (exact) mass is 336 g/mol. The van der Waals surface area contributed by atoms with Crippen molar-refractivity contribution in [1.29, 1.82) is 0 Å². The highest BCUT2D eigenvalue weighted by Crippen LogP contribution is 2.13. The van der Waals surface area contributed by atoms with Crippen LogP contribution in [0.25, 0.3) is 0 Å². The van der Waals surface area contributed by atoms with Gasteiger partial charge in [-0.1, -0.05) is 35.9 Å². The minimum Gasteiger partial charge on any atom is -0.548 e. The summed E-state index contributed by atoms with van der Waals surface area (Å²) in [4.78, 5) is 11.2. The maximum Gasteiger partial charge on any atom is 0.241 e.